The van der Waals surface area contributed by atoms with Crippen molar-refractivity contribution in [1.82, 2.24) is 14.5 Å². The van der Waals surface area contributed by atoms with Crippen LogP contribution in [0, 0.1) is 5.92 Å². The third-order valence-corrected chi connectivity index (χ3v) is 9.91. The molecule has 4 aromatic rings. The Hall–Kier alpha value is -2.24. The molecule has 0 radical (unpaired) electrons. The SMILES string of the molecule is CC(Pc1cc(-n2cnc3ccc(CC4CCCN(C)C4)cc32)sc1C(N)=O)c1ccccc1Cl. The van der Waals surface area contributed by atoms with Crippen LogP contribution in [0.2, 0.25) is 5.02 Å². The quantitative estimate of drug-likeness (QED) is 0.311. The van der Waals surface area contributed by atoms with Gasteiger partial charge in [0.05, 0.1) is 11.0 Å². The van der Waals surface area contributed by atoms with E-state index in [1.54, 1.807) is 0 Å². The predicted octanol–water partition coefficient (Wildman–Crippen LogP) is 5.79. The maximum absolute atomic E-state index is 12.3. The lowest BCUT2D eigenvalue weighted by Crippen LogP contribution is -2.32. The number of likely N-dealkylation sites (tertiary alicyclic amines) is 1. The first-order valence-corrected chi connectivity index (χ1v) is 14.3. The number of piperidine rings is 1. The number of carbonyl (C=O) groups is 1. The fourth-order valence-electron chi connectivity index (χ4n) is 5.05. The van der Waals surface area contributed by atoms with E-state index in [0.717, 1.165) is 44.9 Å². The van der Waals surface area contributed by atoms with E-state index in [9.17, 15) is 4.79 Å². The van der Waals surface area contributed by atoms with E-state index in [-0.39, 0.29) is 11.6 Å². The number of thiophene rings is 1. The molecule has 2 N–H and O–H groups in total. The zero-order valence-electron chi connectivity index (χ0n) is 20.0. The highest BCUT2D eigenvalue weighted by Crippen LogP contribution is 2.40. The largest absolute Gasteiger partial charge is 0.365 e. The van der Waals surface area contributed by atoms with Crippen LogP contribution in [0.25, 0.3) is 16.0 Å². The van der Waals surface area contributed by atoms with Crippen LogP contribution in [0.15, 0.2) is 54.9 Å². The van der Waals surface area contributed by atoms with Gasteiger partial charge in [0, 0.05) is 17.2 Å². The van der Waals surface area contributed by atoms with Crippen molar-refractivity contribution in [2.24, 2.45) is 11.7 Å². The first kappa shape index (κ1) is 24.5. The standard InChI is InChI=1S/C27H30ClN4OPS/c1-17(20-7-3-4-8-21(20)28)34-24-14-25(35-26(24)27(29)33)32-16-30-22-10-9-18(13-23(22)32)12-19-6-5-11-31(2)15-19/h3-4,7-10,13-14,16-17,19,34H,5-6,11-12,15H2,1-2H3,(H2,29,33). The number of fused-ring (bicyclic) bond motifs is 1. The van der Waals surface area contributed by atoms with Crippen molar-refractivity contribution in [1.29, 1.82) is 0 Å². The van der Waals surface area contributed by atoms with Gasteiger partial charge in [-0.05, 0) is 79.5 Å². The Morgan fingerprint density at radius 1 is 1.29 bits per heavy atom. The van der Waals surface area contributed by atoms with Gasteiger partial charge in [-0.1, -0.05) is 51.4 Å². The van der Waals surface area contributed by atoms with Crippen molar-refractivity contribution in [2.75, 3.05) is 20.1 Å². The molecule has 0 spiro atoms. The van der Waals surface area contributed by atoms with Crippen LogP contribution in [-0.2, 0) is 6.42 Å². The summed E-state index contributed by atoms with van der Waals surface area (Å²) < 4.78 is 2.09. The van der Waals surface area contributed by atoms with Crippen LogP contribution >= 0.6 is 31.5 Å². The molecule has 8 heteroatoms. The Bertz CT molecular complexity index is 1370. The molecular weight excluding hydrogens is 495 g/mol. The van der Waals surface area contributed by atoms with Crippen LogP contribution in [0.3, 0.4) is 0 Å². The number of hydrogen-bond donors (Lipinski definition) is 1. The molecule has 2 aromatic carbocycles. The van der Waals surface area contributed by atoms with Crippen LogP contribution in [0.4, 0.5) is 0 Å². The van der Waals surface area contributed by atoms with Gasteiger partial charge in [0.25, 0.3) is 5.91 Å². The topological polar surface area (TPSA) is 64.2 Å². The number of carbonyl (C=O) groups excluding carboxylic acids is 1. The van der Waals surface area contributed by atoms with E-state index in [1.807, 2.05) is 30.6 Å². The number of primary amides is 1. The van der Waals surface area contributed by atoms with Crippen LogP contribution < -0.4 is 11.0 Å². The third kappa shape index (κ3) is 5.31. The van der Waals surface area contributed by atoms with Crippen molar-refractivity contribution in [2.45, 2.75) is 31.8 Å². The fraction of sp³-hybridized carbons (Fsp3) is 0.333. The molecule has 35 heavy (non-hydrogen) atoms. The van der Waals surface area contributed by atoms with Crippen LogP contribution in [-0.4, -0.2) is 40.5 Å². The normalized spacial score (nSPS) is 18.0. The molecule has 3 heterocycles. The number of benzene rings is 2. The summed E-state index contributed by atoms with van der Waals surface area (Å²) in [6.45, 7) is 4.49. The molecule has 1 fully saturated rings. The predicted molar refractivity (Wildman–Crippen MR) is 149 cm³/mol. The van der Waals surface area contributed by atoms with Crippen LogP contribution in [0.1, 0.15) is 46.2 Å². The Kier molecular flexibility index (Phi) is 7.26. The van der Waals surface area contributed by atoms with Gasteiger partial charge in [0.1, 0.15) is 16.2 Å². The minimum atomic E-state index is -0.387. The van der Waals surface area contributed by atoms with Gasteiger partial charge < -0.3 is 10.6 Å². The lowest BCUT2D eigenvalue weighted by atomic mass is 9.91. The molecule has 0 saturated carbocycles. The summed E-state index contributed by atoms with van der Waals surface area (Å²) in [7, 11) is 2.59. The summed E-state index contributed by atoms with van der Waals surface area (Å²) in [5.74, 6) is 0.298. The van der Waals surface area contributed by atoms with Crippen LogP contribution in [0.5, 0.6) is 0 Å². The van der Waals surface area contributed by atoms with E-state index in [4.69, 9.17) is 17.3 Å². The first-order valence-electron chi connectivity index (χ1n) is 12.0. The van der Waals surface area contributed by atoms with E-state index >= 15 is 0 Å². The number of nitrogens with zero attached hydrogens (tertiary/aromatic N) is 3. The summed E-state index contributed by atoms with van der Waals surface area (Å²) in [4.78, 5) is 20.0. The number of amides is 1. The summed E-state index contributed by atoms with van der Waals surface area (Å²) in [5, 5.41) is 2.69. The molecular formula is C27H30ClN4OPS. The number of hydrogen-bond acceptors (Lipinski definition) is 4. The van der Waals surface area contributed by atoms with Crippen molar-refractivity contribution < 1.29 is 4.79 Å². The Balaban J connectivity index is 1.45. The van der Waals surface area contributed by atoms with E-state index in [2.05, 4.69) is 52.7 Å². The maximum atomic E-state index is 12.3. The molecule has 1 aliphatic rings. The van der Waals surface area contributed by atoms with Gasteiger partial charge in [0.2, 0.25) is 0 Å². The highest BCUT2D eigenvalue weighted by atomic mass is 35.5. The fourth-order valence-corrected chi connectivity index (χ4v) is 8.13. The molecule has 3 unspecified atom stereocenters. The van der Waals surface area contributed by atoms with Gasteiger partial charge in [-0.2, -0.15) is 0 Å². The molecule has 1 amide bonds. The summed E-state index contributed by atoms with van der Waals surface area (Å²) >= 11 is 7.87. The van der Waals surface area contributed by atoms with Crippen molar-refractivity contribution >= 4 is 53.8 Å². The average molecular weight is 525 g/mol. The Morgan fingerprint density at radius 3 is 2.89 bits per heavy atom. The molecule has 1 aliphatic heterocycles. The van der Waals surface area contributed by atoms with Gasteiger partial charge in [0.15, 0.2) is 0 Å². The second kappa shape index (κ2) is 10.4. The zero-order chi connectivity index (χ0) is 24.5. The minimum Gasteiger partial charge on any atom is -0.365 e. The Morgan fingerprint density at radius 2 is 2.11 bits per heavy atom. The second-order valence-electron chi connectivity index (χ2n) is 9.49. The minimum absolute atomic E-state index is 0.184. The summed E-state index contributed by atoms with van der Waals surface area (Å²) in [5.41, 5.74) is 10.4. The molecule has 5 rings (SSSR count). The zero-order valence-corrected chi connectivity index (χ0v) is 22.6. The third-order valence-electron chi connectivity index (χ3n) is 6.78. The van der Waals surface area contributed by atoms with Crippen molar-refractivity contribution in [3.8, 4) is 5.00 Å². The molecule has 0 aliphatic carbocycles. The summed E-state index contributed by atoms with van der Waals surface area (Å²) in [6, 6.07) is 16.6. The average Bonchev–Trinajstić information content (AvgIpc) is 3.43. The smallest absolute Gasteiger partial charge is 0.259 e. The van der Waals surface area contributed by atoms with E-state index in [1.165, 1.54) is 36.3 Å². The number of nitrogens with two attached hydrogens (primary N) is 1. The van der Waals surface area contributed by atoms with E-state index < -0.39 is 0 Å². The lowest BCUT2D eigenvalue weighted by Gasteiger charge is -2.29. The second-order valence-corrected chi connectivity index (χ2v) is 12.6. The summed E-state index contributed by atoms with van der Waals surface area (Å²) in [6.07, 6.45) is 5.47. The Labute approximate surface area is 217 Å². The first-order chi connectivity index (χ1) is 16.9. The number of halogens is 1. The number of aromatic nitrogens is 2. The monoisotopic (exact) mass is 524 g/mol. The molecule has 2 aromatic heterocycles. The number of imidazole rings is 1. The maximum Gasteiger partial charge on any atom is 0.259 e. The van der Waals surface area contributed by atoms with Crippen molar-refractivity contribution in [3.63, 3.8) is 0 Å². The molecule has 0 bridgehead atoms. The highest BCUT2D eigenvalue weighted by Gasteiger charge is 2.21. The van der Waals surface area contributed by atoms with Gasteiger partial charge >= 0.3 is 0 Å². The number of rotatable bonds is 7. The lowest BCUT2D eigenvalue weighted by molar-refractivity contribution is 0.100. The molecule has 1 saturated heterocycles. The molecule has 5 nitrogen and oxygen atoms in total. The van der Waals surface area contributed by atoms with Gasteiger partial charge in [-0.3, -0.25) is 9.36 Å². The van der Waals surface area contributed by atoms with Gasteiger partial charge in [-0.25, -0.2) is 4.98 Å². The highest BCUT2D eigenvalue weighted by molar-refractivity contribution is 7.49. The molecule has 3 atom stereocenters. The van der Waals surface area contributed by atoms with Crippen molar-refractivity contribution in [3.05, 3.63) is 75.9 Å². The van der Waals surface area contributed by atoms with E-state index in [0.29, 0.717) is 19.4 Å². The molecule has 182 valence electrons. The van der Waals surface area contributed by atoms with Gasteiger partial charge in [-0.15, -0.1) is 11.3 Å².